The van der Waals surface area contributed by atoms with Crippen molar-refractivity contribution in [3.63, 3.8) is 0 Å². The Labute approximate surface area is 212 Å². The van der Waals surface area contributed by atoms with Crippen LogP contribution >= 0.6 is 0 Å². The van der Waals surface area contributed by atoms with Gasteiger partial charge in [-0.2, -0.15) is 5.10 Å². The standard InChI is InChI=1S/C27H27FN8O/c1-15(2)27(37)31-17-12-16(13-29-14-17)18-6-7-19-21(22(18)28)24(35-34-19)26-32-23-20(8-9-30-25(23)33-26)36-10-4-3-5-11-36/h6-9,12-15H,3-5,10-11H2,1-2H3,(H,31,37)(H,34,35)(H,30,32,33). The van der Waals surface area contributed by atoms with Gasteiger partial charge in [-0.15, -0.1) is 0 Å². The summed E-state index contributed by atoms with van der Waals surface area (Å²) in [5.74, 6) is -0.307. The van der Waals surface area contributed by atoms with Crippen LogP contribution in [0.1, 0.15) is 33.1 Å². The van der Waals surface area contributed by atoms with Crippen molar-refractivity contribution in [2.75, 3.05) is 23.3 Å². The zero-order chi connectivity index (χ0) is 25.5. The highest BCUT2D eigenvalue weighted by Crippen LogP contribution is 2.35. The molecule has 1 saturated heterocycles. The minimum absolute atomic E-state index is 0.130. The number of benzene rings is 1. The Morgan fingerprint density at radius 2 is 1.97 bits per heavy atom. The molecule has 5 aromatic rings. The van der Waals surface area contributed by atoms with E-state index in [0.717, 1.165) is 37.1 Å². The highest BCUT2D eigenvalue weighted by atomic mass is 19.1. The molecule has 37 heavy (non-hydrogen) atoms. The largest absolute Gasteiger partial charge is 0.370 e. The van der Waals surface area contributed by atoms with Crippen molar-refractivity contribution in [3.8, 4) is 22.6 Å². The predicted molar refractivity (Wildman–Crippen MR) is 142 cm³/mol. The Hall–Kier alpha value is -4.34. The summed E-state index contributed by atoms with van der Waals surface area (Å²) in [6.07, 6.45) is 8.43. The highest BCUT2D eigenvalue weighted by molar-refractivity contribution is 5.98. The number of fused-ring (bicyclic) bond motifs is 2. The van der Waals surface area contributed by atoms with E-state index in [1.165, 1.54) is 6.42 Å². The van der Waals surface area contributed by atoms with Gasteiger partial charge in [-0.1, -0.05) is 13.8 Å². The van der Waals surface area contributed by atoms with E-state index in [0.29, 0.717) is 44.9 Å². The number of piperidine rings is 1. The Bertz CT molecular complexity index is 1620. The zero-order valence-electron chi connectivity index (χ0n) is 20.7. The van der Waals surface area contributed by atoms with Gasteiger partial charge in [0.1, 0.15) is 17.0 Å². The smallest absolute Gasteiger partial charge is 0.226 e. The number of halogens is 1. The van der Waals surface area contributed by atoms with E-state index in [1.807, 2.05) is 19.9 Å². The third-order valence-electron chi connectivity index (χ3n) is 6.80. The lowest BCUT2D eigenvalue weighted by Gasteiger charge is -2.28. The Balaban J connectivity index is 1.42. The molecule has 0 radical (unpaired) electrons. The van der Waals surface area contributed by atoms with E-state index in [4.69, 9.17) is 0 Å². The second-order valence-electron chi connectivity index (χ2n) is 9.69. The molecule has 1 aliphatic rings. The van der Waals surface area contributed by atoms with Gasteiger partial charge in [0.05, 0.1) is 28.5 Å². The number of nitrogens with one attached hydrogen (secondary N) is 3. The van der Waals surface area contributed by atoms with Crippen LogP contribution in [0.3, 0.4) is 0 Å². The number of H-pyrrole nitrogens is 2. The maximum atomic E-state index is 16.0. The molecule has 3 N–H and O–H groups in total. The Kier molecular flexibility index (Phi) is 5.78. The van der Waals surface area contributed by atoms with E-state index in [-0.39, 0.29) is 11.8 Å². The number of rotatable bonds is 5. The second-order valence-corrected chi connectivity index (χ2v) is 9.69. The molecule has 0 bridgehead atoms. The first-order valence-electron chi connectivity index (χ1n) is 12.5. The minimum atomic E-state index is -0.444. The summed E-state index contributed by atoms with van der Waals surface area (Å²) in [5, 5.41) is 10.5. The van der Waals surface area contributed by atoms with Crippen LogP contribution in [-0.4, -0.2) is 49.1 Å². The van der Waals surface area contributed by atoms with Gasteiger partial charge >= 0.3 is 0 Å². The first kappa shape index (κ1) is 23.1. The molecular formula is C27H27FN8O. The fourth-order valence-electron chi connectivity index (χ4n) is 4.82. The van der Waals surface area contributed by atoms with Gasteiger partial charge in [0.15, 0.2) is 11.5 Å². The van der Waals surface area contributed by atoms with Crippen molar-refractivity contribution in [1.82, 2.24) is 30.1 Å². The molecule has 1 aliphatic heterocycles. The predicted octanol–water partition coefficient (Wildman–Crippen LogP) is 5.29. The van der Waals surface area contributed by atoms with Crippen LogP contribution in [0.4, 0.5) is 15.8 Å². The number of nitrogens with zero attached hydrogens (tertiary/aromatic N) is 5. The average Bonchev–Trinajstić information content (AvgIpc) is 3.54. The summed E-state index contributed by atoms with van der Waals surface area (Å²) >= 11 is 0. The third-order valence-corrected chi connectivity index (χ3v) is 6.80. The molecule has 1 aromatic carbocycles. The van der Waals surface area contributed by atoms with Gasteiger partial charge in [-0.3, -0.25) is 14.9 Å². The van der Waals surface area contributed by atoms with Crippen molar-refractivity contribution in [1.29, 1.82) is 0 Å². The van der Waals surface area contributed by atoms with E-state index in [1.54, 1.807) is 36.8 Å². The van der Waals surface area contributed by atoms with Crippen LogP contribution in [0.5, 0.6) is 0 Å². The number of hydrogen-bond acceptors (Lipinski definition) is 6. The van der Waals surface area contributed by atoms with Gasteiger partial charge in [0, 0.05) is 42.5 Å². The van der Waals surface area contributed by atoms with Crippen molar-refractivity contribution < 1.29 is 9.18 Å². The van der Waals surface area contributed by atoms with E-state index >= 15 is 4.39 Å². The molecule has 6 rings (SSSR count). The number of aromatic nitrogens is 6. The molecule has 0 unspecified atom stereocenters. The third kappa shape index (κ3) is 4.18. The van der Waals surface area contributed by atoms with E-state index in [9.17, 15) is 4.79 Å². The number of hydrogen-bond donors (Lipinski definition) is 3. The molecule has 0 aliphatic carbocycles. The summed E-state index contributed by atoms with van der Waals surface area (Å²) in [7, 11) is 0. The second kappa shape index (κ2) is 9.27. The fraction of sp³-hybridized carbons (Fsp3) is 0.296. The first-order valence-corrected chi connectivity index (χ1v) is 12.5. The topological polar surface area (TPSA) is 115 Å². The van der Waals surface area contributed by atoms with Crippen LogP contribution in [0, 0.1) is 11.7 Å². The molecule has 5 heterocycles. The fourth-order valence-corrected chi connectivity index (χ4v) is 4.82. The van der Waals surface area contributed by atoms with Crippen LogP contribution < -0.4 is 10.2 Å². The number of imidazole rings is 1. The Morgan fingerprint density at radius 1 is 1.14 bits per heavy atom. The lowest BCUT2D eigenvalue weighted by Crippen LogP contribution is -2.29. The van der Waals surface area contributed by atoms with Crippen molar-refractivity contribution in [3.05, 3.63) is 48.7 Å². The highest BCUT2D eigenvalue weighted by Gasteiger charge is 2.22. The molecule has 1 amide bonds. The number of amides is 1. The molecule has 0 saturated carbocycles. The number of aromatic amines is 2. The first-order chi connectivity index (χ1) is 18.0. The number of pyridine rings is 2. The molecule has 0 atom stereocenters. The normalized spacial score (nSPS) is 14.1. The summed E-state index contributed by atoms with van der Waals surface area (Å²) in [6.45, 7) is 5.59. The van der Waals surface area contributed by atoms with Crippen molar-refractivity contribution in [2.24, 2.45) is 5.92 Å². The molecule has 0 spiro atoms. The van der Waals surface area contributed by atoms with Gasteiger partial charge in [-0.05, 0) is 43.5 Å². The van der Waals surface area contributed by atoms with Crippen LogP contribution in [0.2, 0.25) is 0 Å². The summed E-state index contributed by atoms with van der Waals surface area (Å²) in [4.78, 5) is 31.1. The lowest BCUT2D eigenvalue weighted by atomic mass is 10.0. The maximum absolute atomic E-state index is 16.0. The van der Waals surface area contributed by atoms with Crippen molar-refractivity contribution >= 4 is 39.3 Å². The monoisotopic (exact) mass is 498 g/mol. The van der Waals surface area contributed by atoms with Gasteiger partial charge < -0.3 is 15.2 Å². The van der Waals surface area contributed by atoms with Gasteiger partial charge in [-0.25, -0.2) is 14.4 Å². The molecule has 10 heteroatoms. The van der Waals surface area contributed by atoms with E-state index in [2.05, 4.69) is 40.3 Å². The number of carbonyl (C=O) groups excluding carboxylic acids is 1. The number of carbonyl (C=O) groups is 1. The quantitative estimate of drug-likeness (QED) is 0.303. The van der Waals surface area contributed by atoms with Crippen LogP contribution in [-0.2, 0) is 4.79 Å². The van der Waals surface area contributed by atoms with Crippen LogP contribution in [0.15, 0.2) is 42.9 Å². The maximum Gasteiger partial charge on any atom is 0.226 e. The molecule has 1 fully saturated rings. The number of anilines is 2. The van der Waals surface area contributed by atoms with E-state index < -0.39 is 5.82 Å². The zero-order valence-corrected chi connectivity index (χ0v) is 20.7. The SMILES string of the molecule is CC(C)C(=O)Nc1cncc(-c2ccc3[nH]nc(-c4nc5nccc(N6CCCCC6)c5[nH]4)c3c2F)c1. The van der Waals surface area contributed by atoms with Gasteiger partial charge in [0.2, 0.25) is 5.91 Å². The molecule has 188 valence electrons. The van der Waals surface area contributed by atoms with Crippen molar-refractivity contribution in [2.45, 2.75) is 33.1 Å². The lowest BCUT2D eigenvalue weighted by molar-refractivity contribution is -0.118. The van der Waals surface area contributed by atoms with Crippen LogP contribution in [0.25, 0.3) is 44.7 Å². The minimum Gasteiger partial charge on any atom is -0.370 e. The molecular weight excluding hydrogens is 471 g/mol. The molecule has 9 nitrogen and oxygen atoms in total. The van der Waals surface area contributed by atoms with Gasteiger partial charge in [0.25, 0.3) is 0 Å². The molecule has 4 aromatic heterocycles. The summed E-state index contributed by atoms with van der Waals surface area (Å²) in [5.41, 5.74) is 4.80. The Morgan fingerprint density at radius 3 is 2.78 bits per heavy atom. The summed E-state index contributed by atoms with van der Waals surface area (Å²) in [6, 6.07) is 7.17. The average molecular weight is 499 g/mol. The summed E-state index contributed by atoms with van der Waals surface area (Å²) < 4.78 is 16.0.